The van der Waals surface area contributed by atoms with Crippen LogP contribution < -0.4 is 10.6 Å². The van der Waals surface area contributed by atoms with Crippen LogP contribution in [0.3, 0.4) is 0 Å². The van der Waals surface area contributed by atoms with E-state index in [1.54, 1.807) is 18.2 Å². The minimum atomic E-state index is -0.224. The van der Waals surface area contributed by atoms with E-state index in [9.17, 15) is 14.7 Å². The summed E-state index contributed by atoms with van der Waals surface area (Å²) >= 11 is 0. The third kappa shape index (κ3) is 3.36. The summed E-state index contributed by atoms with van der Waals surface area (Å²) in [6.45, 7) is 1.40. The van der Waals surface area contributed by atoms with Gasteiger partial charge < -0.3 is 25.6 Å². The lowest BCUT2D eigenvalue weighted by atomic mass is 9.91. The van der Waals surface area contributed by atoms with Crippen molar-refractivity contribution in [3.8, 4) is 5.75 Å². The number of hydrogen-bond acceptors (Lipinski definition) is 5. The number of aromatic amines is 1. The van der Waals surface area contributed by atoms with E-state index < -0.39 is 0 Å². The molecule has 30 heavy (non-hydrogen) atoms. The number of aromatic nitrogens is 1. The third-order valence-electron chi connectivity index (χ3n) is 5.59. The predicted octanol–water partition coefficient (Wildman–Crippen LogP) is 1.86. The Kier molecular flexibility index (Phi) is 5.32. The first-order valence-corrected chi connectivity index (χ1v) is 10.1. The number of rotatable bonds is 7. The molecule has 1 aromatic heterocycles. The Balaban J connectivity index is 1.92. The summed E-state index contributed by atoms with van der Waals surface area (Å²) in [6, 6.07) is 5.39. The summed E-state index contributed by atoms with van der Waals surface area (Å²) in [6.07, 6.45) is 4.46. The molecule has 2 aliphatic rings. The van der Waals surface area contributed by atoms with Crippen LogP contribution in [0.15, 0.2) is 47.2 Å². The van der Waals surface area contributed by atoms with Gasteiger partial charge in [-0.3, -0.25) is 9.59 Å². The number of fused-ring (bicyclic) bond motifs is 2. The Morgan fingerprint density at radius 2 is 1.93 bits per heavy atom. The van der Waals surface area contributed by atoms with Crippen LogP contribution in [0, 0.1) is 0 Å². The number of carbonyl (C=O) groups excluding carboxylic acids is 2. The van der Waals surface area contributed by atoms with Crippen LogP contribution >= 0.6 is 0 Å². The average Bonchev–Trinajstić information content (AvgIpc) is 3.24. The summed E-state index contributed by atoms with van der Waals surface area (Å²) in [7, 11) is 5.82. The normalized spacial score (nSPS) is 16.3. The molecule has 0 saturated carbocycles. The van der Waals surface area contributed by atoms with Crippen LogP contribution in [0.25, 0.3) is 16.5 Å². The molecule has 7 nitrogen and oxygen atoms in total. The molecule has 0 radical (unpaired) electrons. The van der Waals surface area contributed by atoms with E-state index in [1.807, 2.05) is 27.2 Å². The van der Waals surface area contributed by atoms with E-state index in [0.717, 1.165) is 34.3 Å². The maximum atomic E-state index is 12.6. The number of benzene rings is 1. The second-order valence-corrected chi connectivity index (χ2v) is 7.88. The number of amides is 1. The van der Waals surface area contributed by atoms with Crippen molar-refractivity contribution in [2.24, 2.45) is 0 Å². The van der Waals surface area contributed by atoms with Crippen LogP contribution in [0.4, 0.5) is 0 Å². The molecule has 0 bridgehead atoms. The third-order valence-corrected chi connectivity index (χ3v) is 5.59. The minimum absolute atomic E-state index is 0.160. The summed E-state index contributed by atoms with van der Waals surface area (Å²) in [4.78, 5) is 30.8. The first-order chi connectivity index (χ1) is 14.4. The Hall–Kier alpha value is -3.16. The maximum absolute atomic E-state index is 12.6. The summed E-state index contributed by atoms with van der Waals surface area (Å²) in [5, 5.41) is 17.3. The quantitative estimate of drug-likeness (QED) is 0.563. The largest absolute Gasteiger partial charge is 0.507 e. The topological polar surface area (TPSA) is 97.5 Å². The number of nitrogens with one attached hydrogen (secondary N) is 3. The molecule has 4 N–H and O–H groups in total. The highest BCUT2D eigenvalue weighted by Crippen LogP contribution is 2.39. The van der Waals surface area contributed by atoms with Gasteiger partial charge in [-0.2, -0.15) is 0 Å². The van der Waals surface area contributed by atoms with Crippen molar-refractivity contribution in [1.82, 2.24) is 20.5 Å². The van der Waals surface area contributed by atoms with Crippen LogP contribution in [-0.2, 0) is 16.0 Å². The molecule has 0 saturated heterocycles. The van der Waals surface area contributed by atoms with E-state index in [-0.39, 0.29) is 17.4 Å². The number of carbonyl (C=O) groups is 2. The summed E-state index contributed by atoms with van der Waals surface area (Å²) in [5.41, 5.74) is 4.89. The number of hydrogen-bond donors (Lipinski definition) is 4. The van der Waals surface area contributed by atoms with Gasteiger partial charge in [0.15, 0.2) is 5.78 Å². The van der Waals surface area contributed by atoms with Crippen molar-refractivity contribution in [1.29, 1.82) is 0 Å². The lowest BCUT2D eigenvalue weighted by Crippen LogP contribution is -2.20. The minimum Gasteiger partial charge on any atom is -0.507 e. The van der Waals surface area contributed by atoms with Crippen LogP contribution in [0.5, 0.6) is 5.75 Å². The first kappa shape index (κ1) is 20.1. The molecule has 156 valence electrons. The number of nitrogens with zero attached hydrogens (tertiary/aromatic N) is 1. The Morgan fingerprint density at radius 1 is 1.13 bits per heavy atom. The van der Waals surface area contributed by atoms with E-state index in [1.165, 1.54) is 6.08 Å². The van der Waals surface area contributed by atoms with Gasteiger partial charge >= 0.3 is 0 Å². The van der Waals surface area contributed by atoms with Crippen LogP contribution in [-0.4, -0.2) is 60.9 Å². The number of H-pyrrole nitrogens is 1. The molecule has 1 aliphatic carbocycles. The van der Waals surface area contributed by atoms with Crippen molar-refractivity contribution < 1.29 is 14.7 Å². The Labute approximate surface area is 175 Å². The second kappa shape index (κ2) is 7.93. The number of ketones is 1. The van der Waals surface area contributed by atoms with Gasteiger partial charge in [0.25, 0.3) is 5.91 Å². The first-order valence-electron chi connectivity index (χ1n) is 10.1. The molecule has 7 heteroatoms. The monoisotopic (exact) mass is 406 g/mol. The van der Waals surface area contributed by atoms with Gasteiger partial charge in [-0.05, 0) is 70.4 Å². The van der Waals surface area contributed by atoms with E-state index in [0.29, 0.717) is 36.2 Å². The molecule has 0 fully saturated rings. The molecule has 2 heterocycles. The molecule has 1 amide bonds. The molecule has 1 aliphatic heterocycles. The molecule has 0 atom stereocenters. The zero-order valence-electron chi connectivity index (χ0n) is 17.4. The fraction of sp³-hybridized carbons (Fsp3) is 0.304. The molecule has 4 rings (SSSR count). The van der Waals surface area contributed by atoms with Gasteiger partial charge in [0.2, 0.25) is 0 Å². The van der Waals surface area contributed by atoms with Crippen LogP contribution in [0.2, 0.25) is 0 Å². The number of phenols is 1. The lowest BCUT2D eigenvalue weighted by molar-refractivity contribution is -0.116. The fourth-order valence-electron chi connectivity index (χ4n) is 4.12. The maximum Gasteiger partial charge on any atom is 0.252 e. The lowest BCUT2D eigenvalue weighted by Gasteiger charge is -2.16. The number of aromatic hydroxyl groups is 1. The van der Waals surface area contributed by atoms with Crippen molar-refractivity contribution in [2.75, 3.05) is 34.2 Å². The predicted molar refractivity (Wildman–Crippen MR) is 117 cm³/mol. The van der Waals surface area contributed by atoms with E-state index in [4.69, 9.17) is 0 Å². The fourth-order valence-corrected chi connectivity index (χ4v) is 4.12. The van der Waals surface area contributed by atoms with Crippen LogP contribution in [0.1, 0.15) is 17.7 Å². The van der Waals surface area contributed by atoms with Gasteiger partial charge in [0.05, 0.1) is 17.0 Å². The molecule has 1 aromatic carbocycles. The molecular weight excluding hydrogens is 380 g/mol. The highest BCUT2D eigenvalue weighted by atomic mass is 16.3. The van der Waals surface area contributed by atoms with Crippen molar-refractivity contribution in [2.45, 2.75) is 12.8 Å². The van der Waals surface area contributed by atoms with Gasteiger partial charge in [-0.15, -0.1) is 0 Å². The number of phenolic OH excluding ortho intramolecular Hbond substituents is 1. The molecule has 0 spiro atoms. The number of likely N-dealkylation sites (N-methyl/N-ethyl adjacent to an activating group) is 1. The molecule has 0 unspecified atom stereocenters. The average molecular weight is 406 g/mol. The van der Waals surface area contributed by atoms with Gasteiger partial charge in [0.1, 0.15) is 5.75 Å². The Morgan fingerprint density at radius 3 is 2.67 bits per heavy atom. The van der Waals surface area contributed by atoms with Crippen molar-refractivity contribution in [3.05, 3.63) is 58.5 Å². The highest BCUT2D eigenvalue weighted by molar-refractivity contribution is 6.21. The zero-order valence-corrected chi connectivity index (χ0v) is 17.4. The standard InChI is InChI=1S/C23H26N4O3/c1-24-11-9-14-20-18(29)8-7-15(22(20)26-23(14)30)21-13(10-12-27(2)3)19-16(25-21)5-4-6-17(19)28/h4-8,24-25,28H,9-12H2,1-3H3,(H,26,30). The summed E-state index contributed by atoms with van der Waals surface area (Å²) < 4.78 is 0. The zero-order chi connectivity index (χ0) is 21.4. The molecule has 2 aromatic rings. The summed E-state index contributed by atoms with van der Waals surface area (Å²) in [5.74, 6) is -0.170. The smallest absolute Gasteiger partial charge is 0.252 e. The van der Waals surface area contributed by atoms with Gasteiger partial charge in [-0.25, -0.2) is 0 Å². The van der Waals surface area contributed by atoms with Crippen molar-refractivity contribution in [3.63, 3.8) is 0 Å². The SMILES string of the molecule is CNCCC1=C2C(=O)C=CC(c3[nH]c4cccc(O)c4c3CCN(C)C)=C2NC1=O. The Bertz CT molecular complexity index is 1130. The van der Waals surface area contributed by atoms with Crippen molar-refractivity contribution >= 4 is 28.2 Å². The molecular formula is C23H26N4O3. The van der Waals surface area contributed by atoms with E-state index in [2.05, 4.69) is 20.5 Å². The van der Waals surface area contributed by atoms with Gasteiger partial charge in [0, 0.05) is 28.6 Å². The number of allylic oxidation sites excluding steroid dienone is 4. The van der Waals surface area contributed by atoms with E-state index >= 15 is 0 Å². The second-order valence-electron chi connectivity index (χ2n) is 7.88. The van der Waals surface area contributed by atoms with Gasteiger partial charge in [-0.1, -0.05) is 6.07 Å². The highest BCUT2D eigenvalue weighted by Gasteiger charge is 2.35.